The molecule has 1 heterocycles. The number of hydrogen-bond acceptors (Lipinski definition) is 3. The Labute approximate surface area is 121 Å². The van der Waals surface area contributed by atoms with E-state index in [-0.39, 0.29) is 18.1 Å². The third-order valence-corrected chi connectivity index (χ3v) is 3.51. The van der Waals surface area contributed by atoms with E-state index in [2.05, 4.69) is 29.3 Å². The van der Waals surface area contributed by atoms with Crippen LogP contribution in [-0.4, -0.2) is 42.6 Å². The van der Waals surface area contributed by atoms with Gasteiger partial charge in [0.1, 0.15) is 0 Å². The van der Waals surface area contributed by atoms with E-state index in [1.807, 2.05) is 26.0 Å². The molecule has 0 aliphatic carbocycles. The molecule has 0 bridgehead atoms. The van der Waals surface area contributed by atoms with Crippen molar-refractivity contribution in [2.75, 3.05) is 25.0 Å². The molecule has 20 heavy (non-hydrogen) atoms. The number of aryl methyl sites for hydroxylation is 1. The van der Waals surface area contributed by atoms with Gasteiger partial charge in [0, 0.05) is 18.8 Å². The van der Waals surface area contributed by atoms with Crippen LogP contribution < -0.4 is 5.32 Å². The van der Waals surface area contributed by atoms with Crippen molar-refractivity contribution in [2.24, 2.45) is 0 Å². The Morgan fingerprint density at radius 3 is 2.40 bits per heavy atom. The fourth-order valence-electron chi connectivity index (χ4n) is 2.64. The summed E-state index contributed by atoms with van der Waals surface area (Å²) >= 11 is 0. The van der Waals surface area contributed by atoms with Gasteiger partial charge in [0.25, 0.3) is 0 Å². The zero-order valence-electron chi connectivity index (χ0n) is 12.6. The van der Waals surface area contributed by atoms with Crippen molar-refractivity contribution >= 4 is 11.6 Å². The monoisotopic (exact) mass is 276 g/mol. The van der Waals surface area contributed by atoms with Crippen LogP contribution in [0, 0.1) is 0 Å². The Morgan fingerprint density at radius 1 is 1.25 bits per heavy atom. The maximum atomic E-state index is 12.1. The van der Waals surface area contributed by atoms with Gasteiger partial charge in [-0.1, -0.05) is 19.1 Å². The molecule has 1 aliphatic rings. The van der Waals surface area contributed by atoms with Gasteiger partial charge >= 0.3 is 0 Å². The Kier molecular flexibility index (Phi) is 5.15. The molecule has 1 amide bonds. The number of morpholine rings is 1. The molecule has 1 aromatic carbocycles. The predicted octanol–water partition coefficient (Wildman–Crippen LogP) is 2.30. The first kappa shape index (κ1) is 15.0. The maximum absolute atomic E-state index is 12.1. The van der Waals surface area contributed by atoms with Crippen molar-refractivity contribution in [1.29, 1.82) is 0 Å². The molecule has 0 spiro atoms. The van der Waals surface area contributed by atoms with E-state index < -0.39 is 0 Å². The van der Waals surface area contributed by atoms with Gasteiger partial charge in [-0.3, -0.25) is 9.69 Å². The van der Waals surface area contributed by atoms with Crippen molar-refractivity contribution in [2.45, 2.75) is 39.4 Å². The number of nitrogens with zero attached hydrogens (tertiary/aromatic N) is 1. The summed E-state index contributed by atoms with van der Waals surface area (Å²) in [5.41, 5.74) is 2.14. The topological polar surface area (TPSA) is 41.6 Å². The minimum absolute atomic E-state index is 0.0375. The minimum Gasteiger partial charge on any atom is -0.373 e. The van der Waals surface area contributed by atoms with Gasteiger partial charge in [-0.15, -0.1) is 0 Å². The first-order chi connectivity index (χ1) is 9.56. The lowest BCUT2D eigenvalue weighted by molar-refractivity contribution is -0.121. The summed E-state index contributed by atoms with van der Waals surface area (Å²) in [5.74, 6) is 0.0375. The summed E-state index contributed by atoms with van der Waals surface area (Å²) in [4.78, 5) is 14.2. The van der Waals surface area contributed by atoms with Gasteiger partial charge < -0.3 is 10.1 Å². The highest BCUT2D eigenvalue weighted by atomic mass is 16.5. The van der Waals surface area contributed by atoms with Crippen LogP contribution >= 0.6 is 0 Å². The first-order valence-electron chi connectivity index (χ1n) is 7.33. The number of carbonyl (C=O) groups excluding carboxylic acids is 1. The zero-order chi connectivity index (χ0) is 14.5. The normalized spacial score (nSPS) is 23.6. The number of ether oxygens (including phenoxy) is 1. The Morgan fingerprint density at radius 2 is 1.85 bits per heavy atom. The Balaban J connectivity index is 1.85. The van der Waals surface area contributed by atoms with Crippen molar-refractivity contribution in [3.05, 3.63) is 29.8 Å². The van der Waals surface area contributed by atoms with Crippen LogP contribution in [0.1, 0.15) is 26.3 Å². The third kappa shape index (κ3) is 4.32. The van der Waals surface area contributed by atoms with Gasteiger partial charge in [0.15, 0.2) is 0 Å². The van der Waals surface area contributed by atoms with E-state index in [0.29, 0.717) is 6.54 Å². The molecular weight excluding hydrogens is 252 g/mol. The molecule has 4 nitrogen and oxygen atoms in total. The molecule has 0 aromatic heterocycles. The second kappa shape index (κ2) is 6.86. The molecule has 110 valence electrons. The molecule has 1 saturated heterocycles. The van der Waals surface area contributed by atoms with Crippen LogP contribution in [0.3, 0.4) is 0 Å². The smallest absolute Gasteiger partial charge is 0.238 e. The number of amides is 1. The van der Waals surface area contributed by atoms with Crippen molar-refractivity contribution in [3.63, 3.8) is 0 Å². The van der Waals surface area contributed by atoms with Gasteiger partial charge in [-0.25, -0.2) is 0 Å². The number of anilines is 1. The number of benzene rings is 1. The van der Waals surface area contributed by atoms with E-state index >= 15 is 0 Å². The number of nitrogens with one attached hydrogen (secondary N) is 1. The lowest BCUT2D eigenvalue weighted by atomic mass is 10.1. The zero-order valence-corrected chi connectivity index (χ0v) is 12.6. The van der Waals surface area contributed by atoms with E-state index in [1.54, 1.807) is 0 Å². The third-order valence-electron chi connectivity index (χ3n) is 3.51. The van der Waals surface area contributed by atoms with E-state index in [0.717, 1.165) is 25.2 Å². The second-order valence-electron chi connectivity index (χ2n) is 5.55. The molecule has 0 saturated carbocycles. The summed E-state index contributed by atoms with van der Waals surface area (Å²) in [5, 5.41) is 2.95. The van der Waals surface area contributed by atoms with Crippen molar-refractivity contribution in [1.82, 2.24) is 4.90 Å². The second-order valence-corrected chi connectivity index (χ2v) is 5.55. The molecule has 0 unspecified atom stereocenters. The largest absolute Gasteiger partial charge is 0.373 e. The van der Waals surface area contributed by atoms with Gasteiger partial charge in [-0.2, -0.15) is 0 Å². The highest BCUT2D eigenvalue weighted by molar-refractivity contribution is 5.92. The molecular formula is C16H24N2O2. The van der Waals surface area contributed by atoms with Gasteiger partial charge in [-0.05, 0) is 38.0 Å². The number of carbonyl (C=O) groups is 1. The van der Waals surface area contributed by atoms with E-state index in [4.69, 9.17) is 4.74 Å². The maximum Gasteiger partial charge on any atom is 0.238 e. The molecule has 0 radical (unpaired) electrons. The Bertz CT molecular complexity index is 434. The number of hydrogen-bond donors (Lipinski definition) is 1. The molecule has 4 heteroatoms. The quantitative estimate of drug-likeness (QED) is 0.917. The molecule has 2 rings (SSSR count). The molecule has 1 aliphatic heterocycles. The lowest BCUT2D eigenvalue weighted by Gasteiger charge is -2.34. The van der Waals surface area contributed by atoms with Crippen LogP contribution in [-0.2, 0) is 16.0 Å². The summed E-state index contributed by atoms with van der Waals surface area (Å²) in [6.07, 6.45) is 1.39. The average Bonchev–Trinajstić information content (AvgIpc) is 2.38. The van der Waals surface area contributed by atoms with Crippen LogP contribution in [0.5, 0.6) is 0 Å². The minimum atomic E-state index is 0.0375. The van der Waals surface area contributed by atoms with Crippen LogP contribution in [0.4, 0.5) is 5.69 Å². The van der Waals surface area contributed by atoms with Crippen molar-refractivity contribution < 1.29 is 9.53 Å². The van der Waals surface area contributed by atoms with Gasteiger partial charge in [0.05, 0.1) is 18.8 Å². The van der Waals surface area contributed by atoms with Crippen LogP contribution in [0.15, 0.2) is 24.3 Å². The summed E-state index contributed by atoms with van der Waals surface area (Å²) in [7, 11) is 0. The average molecular weight is 276 g/mol. The standard InChI is InChI=1S/C16H24N2O2/c1-4-14-5-7-15(8-6-14)17-16(19)11-18-9-12(2)20-13(3)10-18/h5-8,12-13H,4,9-11H2,1-3H3,(H,17,19)/t12-,13-/m1/s1. The SMILES string of the molecule is CCc1ccc(NC(=O)CN2C[C@@H](C)O[C@H](C)C2)cc1. The van der Waals surface area contributed by atoms with Crippen LogP contribution in [0.25, 0.3) is 0 Å². The molecule has 1 N–H and O–H groups in total. The number of rotatable bonds is 4. The fraction of sp³-hybridized carbons (Fsp3) is 0.562. The van der Waals surface area contributed by atoms with Crippen molar-refractivity contribution in [3.8, 4) is 0 Å². The summed E-state index contributed by atoms with van der Waals surface area (Å²) in [6.45, 7) is 8.26. The fourth-order valence-corrected chi connectivity index (χ4v) is 2.64. The van der Waals surface area contributed by atoms with E-state index in [9.17, 15) is 4.79 Å². The molecule has 2 atom stereocenters. The lowest BCUT2D eigenvalue weighted by Crippen LogP contribution is -2.48. The Hall–Kier alpha value is -1.39. The highest BCUT2D eigenvalue weighted by Gasteiger charge is 2.23. The summed E-state index contributed by atoms with van der Waals surface area (Å²) in [6, 6.07) is 8.02. The van der Waals surface area contributed by atoms with Crippen LogP contribution in [0.2, 0.25) is 0 Å². The molecule has 1 fully saturated rings. The van der Waals surface area contributed by atoms with E-state index in [1.165, 1.54) is 5.56 Å². The first-order valence-corrected chi connectivity index (χ1v) is 7.33. The molecule has 1 aromatic rings. The predicted molar refractivity (Wildman–Crippen MR) is 80.9 cm³/mol. The van der Waals surface area contributed by atoms with Gasteiger partial charge in [0.2, 0.25) is 5.91 Å². The highest BCUT2D eigenvalue weighted by Crippen LogP contribution is 2.12. The summed E-state index contributed by atoms with van der Waals surface area (Å²) < 4.78 is 5.67.